The summed E-state index contributed by atoms with van der Waals surface area (Å²) in [7, 11) is -4.05. The number of alkyl halides is 3. The number of hydrogen-bond acceptors (Lipinski definition) is 6. The van der Waals surface area contributed by atoms with E-state index in [0.29, 0.717) is 29.2 Å². The number of aryl methyl sites for hydroxylation is 2. The van der Waals surface area contributed by atoms with Gasteiger partial charge in [-0.25, -0.2) is 23.1 Å². The number of hydrogen-bond donors (Lipinski definition) is 1. The molecule has 2 aromatic heterocycles. The quantitative estimate of drug-likeness (QED) is 0.361. The van der Waals surface area contributed by atoms with Crippen molar-refractivity contribution in [1.29, 1.82) is 0 Å². The molecule has 1 aliphatic heterocycles. The van der Waals surface area contributed by atoms with Gasteiger partial charge in [-0.15, -0.1) is 0 Å². The Balaban J connectivity index is 1.52. The minimum atomic E-state index is -4.55. The number of nitrogens with one attached hydrogen (secondary N) is 1. The molecular formula is C26H21F3N4O3S. The van der Waals surface area contributed by atoms with Gasteiger partial charge in [0.25, 0.3) is 10.0 Å². The Bertz CT molecular complexity index is 1570. The fourth-order valence-electron chi connectivity index (χ4n) is 4.03. The predicted molar refractivity (Wildman–Crippen MR) is 132 cm³/mol. The van der Waals surface area contributed by atoms with Crippen molar-refractivity contribution in [2.24, 2.45) is 0 Å². The third-order valence-electron chi connectivity index (χ3n) is 5.92. The minimum absolute atomic E-state index is 0.0110. The number of pyridine rings is 1. The Morgan fingerprint density at radius 3 is 2.57 bits per heavy atom. The van der Waals surface area contributed by atoms with E-state index in [0.717, 1.165) is 30.5 Å². The van der Waals surface area contributed by atoms with Crippen molar-refractivity contribution in [3.05, 3.63) is 83.8 Å². The topological polar surface area (TPSA) is 94.1 Å². The number of aromatic nitrogens is 3. The van der Waals surface area contributed by atoms with Crippen LogP contribution in [0.15, 0.2) is 71.9 Å². The van der Waals surface area contributed by atoms with Gasteiger partial charge in [-0.05, 0) is 61.2 Å². The van der Waals surface area contributed by atoms with Gasteiger partial charge >= 0.3 is 6.18 Å². The number of benzene rings is 2. The summed E-state index contributed by atoms with van der Waals surface area (Å²) < 4.78 is 74.4. The van der Waals surface area contributed by atoms with Gasteiger partial charge in [0.1, 0.15) is 5.75 Å². The molecule has 1 aliphatic rings. The Morgan fingerprint density at radius 1 is 0.973 bits per heavy atom. The van der Waals surface area contributed by atoms with Gasteiger partial charge in [0.05, 0.1) is 22.8 Å². The van der Waals surface area contributed by atoms with Gasteiger partial charge in [0.15, 0.2) is 0 Å². The Morgan fingerprint density at radius 2 is 1.81 bits per heavy atom. The molecule has 3 heterocycles. The smallest absolute Gasteiger partial charge is 0.416 e. The summed E-state index contributed by atoms with van der Waals surface area (Å²) in [6.45, 7) is 2.29. The van der Waals surface area contributed by atoms with Crippen LogP contribution >= 0.6 is 0 Å². The summed E-state index contributed by atoms with van der Waals surface area (Å²) in [6, 6.07) is 12.8. The van der Waals surface area contributed by atoms with Crippen LogP contribution < -0.4 is 9.46 Å². The summed E-state index contributed by atoms with van der Waals surface area (Å²) in [6.07, 6.45) is -0.0540. The largest absolute Gasteiger partial charge is 0.493 e. The van der Waals surface area contributed by atoms with Crippen molar-refractivity contribution in [3.8, 4) is 28.1 Å². The minimum Gasteiger partial charge on any atom is -0.493 e. The average molecular weight is 527 g/mol. The lowest BCUT2D eigenvalue weighted by molar-refractivity contribution is -0.137. The highest BCUT2D eigenvalue weighted by Crippen LogP contribution is 2.37. The first kappa shape index (κ1) is 24.7. The third kappa shape index (κ3) is 5.26. The summed E-state index contributed by atoms with van der Waals surface area (Å²) in [5.41, 5.74) is 2.14. The lowest BCUT2D eigenvalue weighted by Gasteiger charge is -2.18. The molecular weight excluding hydrogens is 505 g/mol. The number of sulfonamides is 1. The number of fused-ring (bicyclic) bond motifs is 1. The molecule has 2 aromatic carbocycles. The van der Waals surface area contributed by atoms with Crippen LogP contribution in [-0.4, -0.2) is 30.0 Å². The van der Waals surface area contributed by atoms with Crippen LogP contribution in [0.3, 0.4) is 0 Å². The van der Waals surface area contributed by atoms with E-state index in [1.807, 2.05) is 0 Å². The van der Waals surface area contributed by atoms with Crippen LogP contribution in [0, 0.1) is 6.92 Å². The van der Waals surface area contributed by atoms with Crippen LogP contribution in [0.5, 0.6) is 5.75 Å². The molecule has 5 rings (SSSR count). The fraction of sp³-hybridized carbons (Fsp3) is 0.192. The van der Waals surface area contributed by atoms with E-state index in [-0.39, 0.29) is 22.1 Å². The van der Waals surface area contributed by atoms with Crippen LogP contribution in [0.1, 0.15) is 23.2 Å². The summed E-state index contributed by atoms with van der Waals surface area (Å²) in [5, 5.41) is 0. The maximum atomic E-state index is 13.5. The molecule has 37 heavy (non-hydrogen) atoms. The summed E-state index contributed by atoms with van der Waals surface area (Å²) >= 11 is 0. The number of nitrogens with zero attached hydrogens (tertiary/aromatic N) is 3. The van der Waals surface area contributed by atoms with E-state index in [9.17, 15) is 21.6 Å². The third-order valence-corrected chi connectivity index (χ3v) is 7.25. The first-order chi connectivity index (χ1) is 17.6. The van der Waals surface area contributed by atoms with Crippen molar-refractivity contribution >= 4 is 16.0 Å². The monoisotopic (exact) mass is 526 g/mol. The molecule has 0 saturated heterocycles. The molecule has 4 aromatic rings. The number of rotatable bonds is 5. The summed E-state index contributed by atoms with van der Waals surface area (Å²) in [4.78, 5) is 12.5. The Kier molecular flexibility index (Phi) is 6.32. The molecule has 0 bridgehead atoms. The van der Waals surface area contributed by atoms with Gasteiger partial charge in [0.2, 0.25) is 5.95 Å². The van der Waals surface area contributed by atoms with Crippen molar-refractivity contribution in [2.75, 3.05) is 11.3 Å². The van der Waals surface area contributed by atoms with Crippen molar-refractivity contribution in [1.82, 2.24) is 15.0 Å². The van der Waals surface area contributed by atoms with E-state index in [1.54, 1.807) is 25.1 Å². The Hall–Kier alpha value is -3.99. The zero-order valence-electron chi connectivity index (χ0n) is 19.6. The Labute approximate surface area is 211 Å². The molecule has 11 heteroatoms. The highest BCUT2D eigenvalue weighted by Gasteiger charge is 2.31. The second-order valence-corrected chi connectivity index (χ2v) is 10.2. The van der Waals surface area contributed by atoms with E-state index in [1.165, 1.54) is 36.7 Å². The normalized spacial score (nSPS) is 13.5. The first-order valence-corrected chi connectivity index (χ1v) is 12.8. The molecule has 0 unspecified atom stereocenters. The molecule has 1 N–H and O–H groups in total. The standard InChI is InChI=1S/C26H21F3N4O3S/c1-16-4-5-18(15-31-16)22-13-19(26(27,28)29)7-9-21(22)23-10-11-30-25(32-23)33-37(34,35)20-8-6-17-3-2-12-36-24(17)14-20/h4-11,13-15H,2-3,12H2,1H3,(H,30,32,33). The second kappa shape index (κ2) is 9.47. The maximum Gasteiger partial charge on any atom is 0.416 e. The van der Waals surface area contributed by atoms with Gasteiger partial charge in [-0.1, -0.05) is 18.2 Å². The highest BCUT2D eigenvalue weighted by atomic mass is 32.2. The van der Waals surface area contributed by atoms with E-state index >= 15 is 0 Å². The zero-order valence-corrected chi connectivity index (χ0v) is 20.4. The molecule has 0 fully saturated rings. The SMILES string of the molecule is Cc1ccc(-c2cc(C(F)(F)F)ccc2-c2ccnc(NS(=O)(=O)c3ccc4c(c3)OCCC4)n2)cn1. The van der Waals surface area contributed by atoms with E-state index < -0.39 is 21.8 Å². The maximum absolute atomic E-state index is 13.5. The zero-order chi connectivity index (χ0) is 26.2. The van der Waals surface area contributed by atoms with Crippen molar-refractivity contribution in [3.63, 3.8) is 0 Å². The summed E-state index contributed by atoms with van der Waals surface area (Å²) in [5.74, 6) is 0.300. The second-order valence-electron chi connectivity index (χ2n) is 8.54. The lowest BCUT2D eigenvalue weighted by Crippen LogP contribution is -2.16. The van der Waals surface area contributed by atoms with E-state index in [2.05, 4.69) is 19.7 Å². The van der Waals surface area contributed by atoms with Crippen LogP contribution in [-0.2, 0) is 22.6 Å². The van der Waals surface area contributed by atoms with Crippen LogP contribution in [0.25, 0.3) is 22.4 Å². The highest BCUT2D eigenvalue weighted by molar-refractivity contribution is 7.92. The van der Waals surface area contributed by atoms with Crippen molar-refractivity contribution < 1.29 is 26.3 Å². The van der Waals surface area contributed by atoms with Gasteiger partial charge in [-0.3, -0.25) is 4.98 Å². The van der Waals surface area contributed by atoms with Crippen LogP contribution in [0.2, 0.25) is 0 Å². The first-order valence-electron chi connectivity index (χ1n) is 11.4. The van der Waals surface area contributed by atoms with Gasteiger partial charge < -0.3 is 4.74 Å². The number of anilines is 1. The molecule has 0 saturated carbocycles. The molecule has 7 nitrogen and oxygen atoms in total. The fourth-order valence-corrected chi connectivity index (χ4v) is 5.00. The molecule has 0 amide bonds. The molecule has 0 atom stereocenters. The number of halogens is 3. The van der Waals surface area contributed by atoms with Crippen molar-refractivity contribution in [2.45, 2.75) is 30.8 Å². The van der Waals surface area contributed by atoms with Gasteiger partial charge in [-0.2, -0.15) is 13.2 Å². The predicted octanol–water partition coefficient (Wildman–Crippen LogP) is 5.66. The average Bonchev–Trinajstić information content (AvgIpc) is 2.88. The van der Waals surface area contributed by atoms with Gasteiger partial charge in [0, 0.05) is 35.3 Å². The van der Waals surface area contributed by atoms with E-state index in [4.69, 9.17) is 4.74 Å². The molecule has 190 valence electrons. The van der Waals surface area contributed by atoms with Crippen LogP contribution in [0.4, 0.5) is 19.1 Å². The molecule has 0 spiro atoms. The number of ether oxygens (including phenoxy) is 1. The molecule has 0 radical (unpaired) electrons. The molecule has 0 aliphatic carbocycles. The lowest BCUT2D eigenvalue weighted by atomic mass is 9.96.